The average molecular weight is 1280 g/mol. The summed E-state index contributed by atoms with van der Waals surface area (Å²) in [6.45, 7) is 0. The Morgan fingerprint density at radius 2 is 0.234 bits per heavy atom. The molecule has 15 aromatic rings. The maximum atomic E-state index is 2.72. The molecule has 0 bridgehead atoms. The lowest BCUT2D eigenvalue weighted by molar-refractivity contribution is 1.36. The van der Waals surface area contributed by atoms with Gasteiger partial charge in [0.05, 0.1) is 24.6 Å². The summed E-state index contributed by atoms with van der Waals surface area (Å²) in [7, 11) is -9.71. The van der Waals surface area contributed by atoms with Gasteiger partial charge in [-0.1, -0.05) is 243 Å². The molecule has 15 aromatic carbocycles. The summed E-state index contributed by atoms with van der Waals surface area (Å²) in [5, 5.41) is 21.8. The molecular formula is C90H74P4+4. The van der Waals surface area contributed by atoms with Gasteiger partial charge in [-0.2, -0.15) is 0 Å². The van der Waals surface area contributed by atoms with Crippen molar-refractivity contribution in [1.82, 2.24) is 0 Å². The molecule has 0 radical (unpaired) electrons. The van der Waals surface area contributed by atoms with Crippen molar-refractivity contribution >= 4 is 114 Å². The van der Waals surface area contributed by atoms with Crippen LogP contribution in [0.15, 0.2) is 400 Å². The van der Waals surface area contributed by atoms with Crippen LogP contribution in [0.1, 0.15) is 22.3 Å². The molecule has 0 saturated carbocycles. The van der Waals surface area contributed by atoms with E-state index in [-0.39, 0.29) is 0 Å². The molecule has 0 amide bonds. The van der Waals surface area contributed by atoms with Crippen molar-refractivity contribution in [3.05, 3.63) is 423 Å². The summed E-state index contributed by atoms with van der Waals surface area (Å²) in [5.74, 6) is 0. The molecule has 0 fully saturated rings. The molecule has 0 spiro atoms. The first-order valence-corrected chi connectivity index (χ1v) is 40.7. The third-order valence-electron chi connectivity index (χ3n) is 19.5. The predicted octanol–water partition coefficient (Wildman–Crippen LogP) is 18.0. The summed E-state index contributed by atoms with van der Waals surface area (Å²) in [5.41, 5.74) is 5.44. The fourth-order valence-corrected chi connectivity index (χ4v) is 32.2. The van der Waals surface area contributed by atoms with E-state index < -0.39 is 29.0 Å². The highest BCUT2D eigenvalue weighted by atomic mass is 31.2. The Balaban J connectivity index is 1.09. The van der Waals surface area contributed by atoms with Crippen LogP contribution < -0.4 is 63.7 Å². The second kappa shape index (κ2) is 27.2. The maximum Gasteiger partial charge on any atom is 0.116 e. The van der Waals surface area contributed by atoms with Crippen LogP contribution in [0.4, 0.5) is 0 Å². The smallest absolute Gasteiger partial charge is 0.0620 e. The molecule has 4 heteroatoms. The number of rotatable bonds is 20. The molecule has 94 heavy (non-hydrogen) atoms. The normalized spacial score (nSPS) is 12.0. The first-order valence-electron chi connectivity index (χ1n) is 32.8. The van der Waals surface area contributed by atoms with Gasteiger partial charge in [-0.25, -0.2) is 0 Å². The van der Waals surface area contributed by atoms with Gasteiger partial charge in [0.15, 0.2) is 0 Å². The summed E-state index contributed by atoms with van der Waals surface area (Å²) in [4.78, 5) is 0. The zero-order valence-corrected chi connectivity index (χ0v) is 56.3. The van der Waals surface area contributed by atoms with Gasteiger partial charge in [-0.3, -0.25) is 0 Å². The average Bonchev–Trinajstić information content (AvgIpc) is 0.741. The van der Waals surface area contributed by atoms with Crippen molar-refractivity contribution in [2.24, 2.45) is 0 Å². The van der Waals surface area contributed by atoms with Crippen LogP contribution in [0.3, 0.4) is 0 Å². The summed E-state index contributed by atoms with van der Waals surface area (Å²) >= 11 is 0. The van der Waals surface area contributed by atoms with Gasteiger partial charge in [0, 0.05) is 0 Å². The lowest BCUT2D eigenvalue weighted by Gasteiger charge is -2.31. The molecule has 0 unspecified atom stereocenters. The monoisotopic (exact) mass is 1280 g/mol. The fraction of sp³-hybridized carbons (Fsp3) is 0.0444. The first-order chi connectivity index (χ1) is 46.6. The third kappa shape index (κ3) is 11.3. The molecule has 0 atom stereocenters. The second-order valence-corrected chi connectivity index (χ2v) is 38.5. The van der Waals surface area contributed by atoms with Crippen LogP contribution in [-0.4, -0.2) is 0 Å². The Labute approximate surface area is 557 Å². The van der Waals surface area contributed by atoms with Gasteiger partial charge in [0.25, 0.3) is 0 Å². The second-order valence-electron chi connectivity index (χ2n) is 24.6. The summed E-state index contributed by atoms with van der Waals surface area (Å²) in [6.07, 6.45) is 3.33. The Morgan fingerprint density at radius 1 is 0.128 bits per heavy atom. The molecule has 0 saturated heterocycles. The van der Waals surface area contributed by atoms with Gasteiger partial charge in [-0.15, -0.1) is 0 Å². The molecule has 0 heterocycles. The Hall–Kier alpha value is -9.46. The van der Waals surface area contributed by atoms with Crippen molar-refractivity contribution in [2.45, 2.75) is 24.6 Å². The van der Waals surface area contributed by atoms with Gasteiger partial charge in [-0.05, 0) is 202 Å². The minimum atomic E-state index is -2.43. The Morgan fingerprint density at radius 3 is 0.340 bits per heavy atom. The van der Waals surface area contributed by atoms with Crippen molar-refractivity contribution in [2.75, 3.05) is 0 Å². The minimum Gasteiger partial charge on any atom is -0.0620 e. The zero-order valence-electron chi connectivity index (χ0n) is 52.7. The molecule has 15 rings (SSSR count). The molecule has 0 aliphatic carbocycles. The summed E-state index contributed by atoms with van der Waals surface area (Å²) < 4.78 is 0. The van der Waals surface area contributed by atoms with Crippen molar-refractivity contribution in [3.63, 3.8) is 0 Å². The number of fused-ring (bicyclic) bond motifs is 2. The number of hydrogen-bond acceptors (Lipinski definition) is 0. The molecule has 0 N–H and O–H groups in total. The topological polar surface area (TPSA) is 0 Å². The van der Waals surface area contributed by atoms with E-state index >= 15 is 0 Å². The van der Waals surface area contributed by atoms with Crippen molar-refractivity contribution < 1.29 is 0 Å². The fourth-order valence-electron chi connectivity index (χ4n) is 15.1. The molecule has 450 valence electrons. The van der Waals surface area contributed by atoms with Crippen molar-refractivity contribution in [3.8, 4) is 0 Å². The lowest BCUT2D eigenvalue weighted by Crippen LogP contribution is -2.33. The molecule has 0 aliphatic rings. The van der Waals surface area contributed by atoms with Crippen LogP contribution >= 0.6 is 29.0 Å². The van der Waals surface area contributed by atoms with Crippen LogP contribution in [0, 0.1) is 0 Å². The van der Waals surface area contributed by atoms with E-state index in [0.29, 0.717) is 0 Å². The van der Waals surface area contributed by atoms with E-state index in [9.17, 15) is 0 Å². The van der Waals surface area contributed by atoms with E-state index in [2.05, 4.69) is 400 Å². The summed E-state index contributed by atoms with van der Waals surface area (Å²) in [6, 6.07) is 154. The minimum absolute atomic E-state index is 0.832. The third-order valence-corrected chi connectivity index (χ3v) is 36.9. The van der Waals surface area contributed by atoms with E-state index in [1.54, 1.807) is 0 Å². The molecule has 0 aliphatic heterocycles. The Bertz CT molecular complexity index is 3930. The first kappa shape index (κ1) is 60.8. The highest BCUT2D eigenvalue weighted by Crippen LogP contribution is 2.64. The van der Waals surface area contributed by atoms with Gasteiger partial charge in [0.2, 0.25) is 0 Å². The highest BCUT2D eigenvalue weighted by Gasteiger charge is 2.51. The SMILES string of the molecule is c1ccc([P+](Cc2ccc(C[P+](c3ccccc3)(c3ccccc3)c3ccccc3)c3cc4c(C[P+](c5ccccc5)(c5ccccc5)c5ccccc5)ccc(C[P+](c5ccccc5)(c5ccccc5)c5ccccc5)c4cc23)(c2ccccc2)c2ccccc2)cc1. The molecule has 0 nitrogen and oxygen atoms in total. The van der Waals surface area contributed by atoms with Gasteiger partial charge >= 0.3 is 0 Å². The van der Waals surface area contributed by atoms with Crippen LogP contribution in [0.2, 0.25) is 0 Å². The quantitative estimate of drug-likeness (QED) is 0.0527. The van der Waals surface area contributed by atoms with Crippen LogP contribution in [-0.2, 0) is 24.6 Å². The van der Waals surface area contributed by atoms with E-state index in [1.165, 1.54) is 107 Å². The van der Waals surface area contributed by atoms with Crippen molar-refractivity contribution in [1.29, 1.82) is 0 Å². The maximum absolute atomic E-state index is 2.72. The lowest BCUT2D eigenvalue weighted by atomic mass is 9.93. The van der Waals surface area contributed by atoms with Crippen LogP contribution in [0.25, 0.3) is 21.5 Å². The standard InChI is InChI=1S/C90H74P4/c1-13-37-75(38-14-1)91(76-39-15-2-16-40-76,77-41-17-3-18-42-77)67-71-61-62-72(68-92(78-43-19-4-20-44-78,79-45-21-5-22-46-79)80-47-23-6-24-48-80)88-66-90-74(70-94(84-55-31-10-32-56-84,85-57-33-11-34-58-85)86-59-35-12-36-60-86)64-63-73(89(90)65-87(71)88)69-93(81-49-25-7-26-50-81,82-51-27-8-28-52-82)83-53-29-9-30-54-83/h1-66H,67-70H2/q+4. The van der Waals surface area contributed by atoms with E-state index in [1.807, 2.05) is 0 Å². The largest absolute Gasteiger partial charge is 0.116 e. The zero-order chi connectivity index (χ0) is 63.0. The van der Waals surface area contributed by atoms with E-state index in [4.69, 9.17) is 0 Å². The number of hydrogen-bond donors (Lipinski definition) is 0. The highest BCUT2D eigenvalue weighted by molar-refractivity contribution is 7.96. The van der Waals surface area contributed by atoms with Gasteiger partial charge < -0.3 is 0 Å². The number of benzene rings is 15. The molecule has 0 aromatic heterocycles. The van der Waals surface area contributed by atoms with Crippen LogP contribution in [0.5, 0.6) is 0 Å². The molecular weight excluding hydrogens is 1200 g/mol. The van der Waals surface area contributed by atoms with Gasteiger partial charge in [0.1, 0.15) is 92.7 Å². The van der Waals surface area contributed by atoms with E-state index in [0.717, 1.165) is 24.6 Å². The predicted molar refractivity (Wildman–Crippen MR) is 417 cm³/mol. The Kier molecular flexibility index (Phi) is 17.6.